The number of hydrogen-bond acceptors (Lipinski definition) is 5. The van der Waals surface area contributed by atoms with Gasteiger partial charge in [0.05, 0.1) is 17.1 Å². The summed E-state index contributed by atoms with van der Waals surface area (Å²) in [6.07, 6.45) is 1.21. The highest BCUT2D eigenvalue weighted by atomic mass is 35.5. The first kappa shape index (κ1) is 17.8. The Bertz CT molecular complexity index is 1000. The Kier molecular flexibility index (Phi) is 4.99. The van der Waals surface area contributed by atoms with Gasteiger partial charge in [-0.05, 0) is 61.8 Å². The normalized spacial score (nSPS) is 16.2. The van der Waals surface area contributed by atoms with Crippen molar-refractivity contribution in [3.05, 3.63) is 47.0 Å². The molecule has 4 N–H and O–H groups in total. The Morgan fingerprint density at radius 3 is 2.81 bits per heavy atom. The molecule has 1 saturated heterocycles. The molecule has 2 heterocycles. The zero-order valence-corrected chi connectivity index (χ0v) is 15.4. The van der Waals surface area contributed by atoms with E-state index in [0.717, 1.165) is 48.0 Å². The van der Waals surface area contributed by atoms with E-state index in [1.54, 1.807) is 18.2 Å². The number of halogens is 1. The maximum atomic E-state index is 10.6. The van der Waals surface area contributed by atoms with Crippen molar-refractivity contribution in [2.24, 2.45) is 5.92 Å². The molecule has 138 valence electrons. The second-order valence-corrected chi connectivity index (χ2v) is 7.22. The van der Waals surface area contributed by atoms with Crippen LogP contribution in [0.3, 0.4) is 0 Å². The number of aliphatic hydroxyl groups is 1. The van der Waals surface area contributed by atoms with Crippen LogP contribution in [-0.4, -0.2) is 34.6 Å². The summed E-state index contributed by atoms with van der Waals surface area (Å²) in [6, 6.07) is 13.2. The number of fused-ring (bicyclic) bond motifs is 1. The lowest BCUT2D eigenvalue weighted by molar-refractivity contribution is 0.113. The van der Waals surface area contributed by atoms with Crippen molar-refractivity contribution in [2.45, 2.75) is 19.1 Å². The summed E-state index contributed by atoms with van der Waals surface area (Å²) in [5.41, 5.74) is 3.11. The second kappa shape index (κ2) is 7.57. The van der Waals surface area contributed by atoms with E-state index in [1.165, 1.54) is 0 Å². The molecule has 0 aliphatic carbocycles. The van der Waals surface area contributed by atoms with Crippen molar-refractivity contribution in [1.29, 1.82) is 5.26 Å². The van der Waals surface area contributed by atoms with Crippen LogP contribution in [0.25, 0.3) is 22.0 Å². The van der Waals surface area contributed by atoms with Gasteiger partial charge >= 0.3 is 0 Å². The summed E-state index contributed by atoms with van der Waals surface area (Å²) in [5.74, 6) is 0.813. The molecule has 3 aromatic rings. The van der Waals surface area contributed by atoms with Crippen LogP contribution in [0.15, 0.2) is 36.4 Å². The Labute approximate surface area is 162 Å². The Balaban J connectivity index is 1.66. The number of nitrogens with one attached hydrogen (secondary N) is 3. The molecule has 0 saturated carbocycles. The van der Waals surface area contributed by atoms with E-state index in [2.05, 4.69) is 26.9 Å². The molecule has 1 aromatic heterocycles. The first-order chi connectivity index (χ1) is 13.2. The summed E-state index contributed by atoms with van der Waals surface area (Å²) in [5, 5.41) is 34.9. The van der Waals surface area contributed by atoms with Crippen molar-refractivity contribution in [3.8, 4) is 17.2 Å². The number of benzene rings is 2. The van der Waals surface area contributed by atoms with Gasteiger partial charge in [-0.15, -0.1) is 0 Å². The molecule has 27 heavy (non-hydrogen) atoms. The molecule has 1 fully saturated rings. The topological polar surface area (TPSA) is 96.8 Å². The number of aromatic amines is 1. The van der Waals surface area contributed by atoms with Crippen LogP contribution in [0, 0.1) is 17.2 Å². The van der Waals surface area contributed by atoms with Gasteiger partial charge < -0.3 is 15.7 Å². The Hall–Kier alpha value is -2.59. The summed E-state index contributed by atoms with van der Waals surface area (Å²) in [6.45, 7) is 1.84. The number of hydrogen-bond donors (Lipinski definition) is 4. The predicted molar refractivity (Wildman–Crippen MR) is 106 cm³/mol. The van der Waals surface area contributed by atoms with Crippen molar-refractivity contribution < 1.29 is 5.11 Å². The van der Waals surface area contributed by atoms with Crippen LogP contribution in [0.4, 0.5) is 5.82 Å². The number of rotatable bonds is 4. The zero-order chi connectivity index (χ0) is 18.8. The Morgan fingerprint density at radius 2 is 2.04 bits per heavy atom. The van der Waals surface area contributed by atoms with Crippen molar-refractivity contribution >= 4 is 28.3 Å². The molecular formula is C20H20ClN5O. The zero-order valence-electron chi connectivity index (χ0n) is 14.7. The molecule has 7 heteroatoms. The minimum atomic E-state index is -0.646. The van der Waals surface area contributed by atoms with E-state index in [9.17, 15) is 5.11 Å². The van der Waals surface area contributed by atoms with Gasteiger partial charge in [0.25, 0.3) is 0 Å². The first-order valence-corrected chi connectivity index (χ1v) is 9.37. The molecular weight excluding hydrogens is 362 g/mol. The Morgan fingerprint density at radius 1 is 1.22 bits per heavy atom. The highest BCUT2D eigenvalue weighted by Crippen LogP contribution is 2.33. The SMILES string of the molecule is N#Cc1ccc(Cl)c(-c2ccc3[nH]nc(NC(O)C4CCNCC4)c3c2)c1. The van der Waals surface area contributed by atoms with Gasteiger partial charge in [0, 0.05) is 21.9 Å². The fraction of sp³-hybridized carbons (Fsp3) is 0.300. The lowest BCUT2D eigenvalue weighted by Gasteiger charge is -2.27. The third-order valence-corrected chi connectivity index (χ3v) is 5.41. The molecule has 0 bridgehead atoms. The third kappa shape index (κ3) is 3.62. The molecule has 0 amide bonds. The molecule has 1 unspecified atom stereocenters. The number of nitrogens with zero attached hydrogens (tertiary/aromatic N) is 2. The molecule has 4 rings (SSSR count). The highest BCUT2D eigenvalue weighted by Gasteiger charge is 2.22. The number of nitriles is 1. The van der Waals surface area contributed by atoms with Crippen LogP contribution in [0.2, 0.25) is 5.02 Å². The quantitative estimate of drug-likeness (QED) is 0.519. The fourth-order valence-electron chi connectivity index (χ4n) is 3.53. The summed E-state index contributed by atoms with van der Waals surface area (Å²) in [4.78, 5) is 0. The van der Waals surface area contributed by atoms with Crippen molar-refractivity contribution in [3.63, 3.8) is 0 Å². The van der Waals surface area contributed by atoms with Crippen molar-refractivity contribution in [1.82, 2.24) is 15.5 Å². The predicted octanol–water partition coefficient (Wildman–Crippen LogP) is 3.48. The van der Waals surface area contributed by atoms with Crippen LogP contribution in [0.1, 0.15) is 18.4 Å². The van der Waals surface area contributed by atoms with E-state index >= 15 is 0 Å². The molecule has 6 nitrogen and oxygen atoms in total. The number of aliphatic hydroxyl groups excluding tert-OH is 1. The van der Waals surface area contributed by atoms with Gasteiger partial charge in [-0.1, -0.05) is 17.7 Å². The van der Waals surface area contributed by atoms with Crippen molar-refractivity contribution in [2.75, 3.05) is 18.4 Å². The lowest BCUT2D eigenvalue weighted by Crippen LogP contribution is -2.37. The number of piperidine rings is 1. The minimum absolute atomic E-state index is 0.197. The maximum Gasteiger partial charge on any atom is 0.157 e. The van der Waals surface area contributed by atoms with Crippen LogP contribution < -0.4 is 10.6 Å². The van der Waals surface area contributed by atoms with E-state index in [1.807, 2.05) is 18.2 Å². The smallest absolute Gasteiger partial charge is 0.157 e. The molecule has 1 aliphatic heterocycles. The summed E-state index contributed by atoms with van der Waals surface area (Å²) < 4.78 is 0. The molecule has 1 aliphatic rings. The molecule has 0 spiro atoms. The van der Waals surface area contributed by atoms with Crippen LogP contribution in [-0.2, 0) is 0 Å². The van der Waals surface area contributed by atoms with Gasteiger partial charge in [-0.25, -0.2) is 0 Å². The highest BCUT2D eigenvalue weighted by molar-refractivity contribution is 6.33. The van der Waals surface area contributed by atoms with E-state index < -0.39 is 6.23 Å². The van der Waals surface area contributed by atoms with E-state index in [4.69, 9.17) is 16.9 Å². The average molecular weight is 382 g/mol. The van der Waals surface area contributed by atoms with Gasteiger partial charge in [-0.2, -0.15) is 10.4 Å². The van der Waals surface area contributed by atoms with Crippen LogP contribution >= 0.6 is 11.6 Å². The number of aromatic nitrogens is 2. The van der Waals surface area contributed by atoms with Gasteiger partial charge in [0.2, 0.25) is 0 Å². The molecule has 1 atom stereocenters. The molecule has 2 aromatic carbocycles. The maximum absolute atomic E-state index is 10.6. The monoisotopic (exact) mass is 381 g/mol. The second-order valence-electron chi connectivity index (χ2n) is 6.82. The summed E-state index contributed by atoms with van der Waals surface area (Å²) in [7, 11) is 0. The van der Waals surface area contributed by atoms with E-state index in [-0.39, 0.29) is 5.92 Å². The third-order valence-electron chi connectivity index (χ3n) is 5.08. The number of anilines is 1. The van der Waals surface area contributed by atoms with Gasteiger partial charge in [0.1, 0.15) is 6.23 Å². The largest absolute Gasteiger partial charge is 0.373 e. The van der Waals surface area contributed by atoms with Crippen LogP contribution in [0.5, 0.6) is 0 Å². The first-order valence-electron chi connectivity index (χ1n) is 8.99. The van der Waals surface area contributed by atoms with Gasteiger partial charge in [-0.3, -0.25) is 5.10 Å². The number of H-pyrrole nitrogens is 1. The summed E-state index contributed by atoms with van der Waals surface area (Å²) >= 11 is 6.34. The standard InChI is InChI=1S/C20H20ClN5O/c21-17-3-1-12(11-22)9-15(17)14-2-4-18-16(10-14)19(26-25-18)24-20(27)13-5-7-23-8-6-13/h1-4,9-10,13,20,23,27H,5-8H2,(H2,24,25,26). The van der Waals surface area contributed by atoms with Gasteiger partial charge in [0.15, 0.2) is 5.82 Å². The van der Waals surface area contributed by atoms with E-state index in [0.29, 0.717) is 16.4 Å². The average Bonchev–Trinajstić information content (AvgIpc) is 3.11. The lowest BCUT2D eigenvalue weighted by atomic mass is 9.96. The molecule has 0 radical (unpaired) electrons. The fourth-order valence-corrected chi connectivity index (χ4v) is 3.75. The minimum Gasteiger partial charge on any atom is -0.373 e.